The van der Waals surface area contributed by atoms with Crippen LogP contribution < -0.4 is 16.6 Å². The number of hydrogen-bond acceptors (Lipinski definition) is 4. The van der Waals surface area contributed by atoms with Crippen molar-refractivity contribution in [3.8, 4) is 0 Å². The SMILES string of the molecule is CC1(C[C@H](N)C=O)NN1.[HH]. The van der Waals surface area contributed by atoms with Gasteiger partial charge in [0.2, 0.25) is 0 Å². The van der Waals surface area contributed by atoms with Crippen molar-refractivity contribution in [2.45, 2.75) is 25.0 Å². The lowest BCUT2D eigenvalue weighted by Crippen LogP contribution is -2.29. The van der Waals surface area contributed by atoms with Crippen molar-refractivity contribution in [2.75, 3.05) is 0 Å². The van der Waals surface area contributed by atoms with Gasteiger partial charge in [0, 0.05) is 7.85 Å². The molecule has 1 fully saturated rings. The fourth-order valence-corrected chi connectivity index (χ4v) is 0.728. The number of aldehydes is 1. The molecule has 0 amide bonds. The first-order valence-corrected chi connectivity index (χ1v) is 2.91. The van der Waals surface area contributed by atoms with Crippen LogP contribution in [-0.2, 0) is 4.79 Å². The average Bonchev–Trinajstić information content (AvgIpc) is 2.48. The number of hydrazine groups is 1. The van der Waals surface area contributed by atoms with Gasteiger partial charge in [0.1, 0.15) is 6.29 Å². The Hall–Kier alpha value is -0.450. The number of rotatable bonds is 3. The first-order valence-electron chi connectivity index (χ1n) is 2.91. The molecule has 1 atom stereocenters. The van der Waals surface area contributed by atoms with Crippen molar-refractivity contribution in [3.63, 3.8) is 0 Å². The molecule has 1 saturated heterocycles. The highest BCUT2D eigenvalue weighted by Gasteiger charge is 2.37. The van der Waals surface area contributed by atoms with Crippen molar-refractivity contribution >= 4 is 6.29 Å². The van der Waals surface area contributed by atoms with Gasteiger partial charge >= 0.3 is 0 Å². The number of carbonyl (C=O) groups is 1. The lowest BCUT2D eigenvalue weighted by Gasteiger charge is -2.05. The largest absolute Gasteiger partial charge is 0.322 e. The summed E-state index contributed by atoms with van der Waals surface area (Å²) in [5, 5.41) is 0. The van der Waals surface area contributed by atoms with Crippen LogP contribution in [0.25, 0.3) is 0 Å². The zero-order valence-electron chi connectivity index (χ0n) is 5.35. The third-order valence-electron chi connectivity index (χ3n) is 1.37. The summed E-state index contributed by atoms with van der Waals surface area (Å²) in [6, 6.07) is -0.350. The molecule has 9 heavy (non-hydrogen) atoms. The van der Waals surface area contributed by atoms with Crippen molar-refractivity contribution in [3.05, 3.63) is 0 Å². The molecule has 0 spiro atoms. The van der Waals surface area contributed by atoms with Gasteiger partial charge in [-0.25, -0.2) is 10.9 Å². The van der Waals surface area contributed by atoms with E-state index < -0.39 is 0 Å². The van der Waals surface area contributed by atoms with Crippen LogP contribution in [0.1, 0.15) is 14.8 Å². The van der Waals surface area contributed by atoms with Crippen molar-refractivity contribution in [1.82, 2.24) is 10.9 Å². The Balaban J connectivity index is 0.000000810. The summed E-state index contributed by atoms with van der Waals surface area (Å²) < 4.78 is 0. The van der Waals surface area contributed by atoms with E-state index in [2.05, 4.69) is 10.9 Å². The van der Waals surface area contributed by atoms with Gasteiger partial charge in [-0.2, -0.15) is 0 Å². The van der Waals surface area contributed by atoms with Crippen LogP contribution >= 0.6 is 0 Å². The summed E-state index contributed by atoms with van der Waals surface area (Å²) in [6.45, 7) is 1.95. The van der Waals surface area contributed by atoms with Gasteiger partial charge in [0.05, 0.1) is 11.7 Å². The summed E-state index contributed by atoms with van der Waals surface area (Å²) in [4.78, 5) is 10.0. The van der Waals surface area contributed by atoms with E-state index in [0.717, 1.165) is 6.29 Å². The van der Waals surface area contributed by atoms with Crippen LogP contribution in [0.5, 0.6) is 0 Å². The molecule has 0 aliphatic carbocycles. The zero-order valence-corrected chi connectivity index (χ0v) is 5.35. The molecule has 0 aromatic carbocycles. The van der Waals surface area contributed by atoms with E-state index in [4.69, 9.17) is 5.73 Å². The minimum absolute atomic E-state index is 0. The lowest BCUT2D eigenvalue weighted by atomic mass is 10.1. The van der Waals surface area contributed by atoms with Gasteiger partial charge in [-0.05, 0) is 6.92 Å². The molecule has 0 unspecified atom stereocenters. The van der Waals surface area contributed by atoms with Gasteiger partial charge in [-0.1, -0.05) is 0 Å². The third-order valence-corrected chi connectivity index (χ3v) is 1.37. The highest BCUT2D eigenvalue weighted by molar-refractivity contribution is 5.57. The predicted octanol–water partition coefficient (Wildman–Crippen LogP) is -1.03. The standard InChI is InChI=1S/C5H11N3O.H2/c1-5(7-8-5)2-4(6)3-9;/h3-4,7-8H,2,6H2,1H3;1H/t4-;/m0./s1. The van der Waals surface area contributed by atoms with E-state index >= 15 is 0 Å². The molecule has 0 aromatic rings. The fourth-order valence-electron chi connectivity index (χ4n) is 0.728. The summed E-state index contributed by atoms with van der Waals surface area (Å²) >= 11 is 0. The lowest BCUT2D eigenvalue weighted by molar-refractivity contribution is -0.109. The molecule has 4 nitrogen and oxygen atoms in total. The molecule has 1 aliphatic heterocycles. The monoisotopic (exact) mass is 131 g/mol. The Morgan fingerprint density at radius 1 is 1.89 bits per heavy atom. The van der Waals surface area contributed by atoms with Crippen LogP contribution in [-0.4, -0.2) is 18.0 Å². The van der Waals surface area contributed by atoms with E-state index in [1.54, 1.807) is 0 Å². The smallest absolute Gasteiger partial charge is 0.136 e. The molecular weight excluding hydrogens is 118 g/mol. The maximum atomic E-state index is 10.0. The molecule has 1 heterocycles. The van der Waals surface area contributed by atoms with Gasteiger partial charge < -0.3 is 10.5 Å². The molecule has 1 aliphatic rings. The summed E-state index contributed by atoms with van der Waals surface area (Å²) in [7, 11) is 0. The summed E-state index contributed by atoms with van der Waals surface area (Å²) in [6.07, 6.45) is 1.41. The Kier molecular flexibility index (Phi) is 1.52. The highest BCUT2D eigenvalue weighted by atomic mass is 16.1. The van der Waals surface area contributed by atoms with Gasteiger partial charge in [-0.3, -0.25) is 0 Å². The first kappa shape index (κ1) is 6.67. The Morgan fingerprint density at radius 3 is 2.78 bits per heavy atom. The van der Waals surface area contributed by atoms with E-state index in [1.807, 2.05) is 6.92 Å². The maximum absolute atomic E-state index is 10.0. The van der Waals surface area contributed by atoms with E-state index in [9.17, 15) is 4.79 Å². The van der Waals surface area contributed by atoms with Crippen LogP contribution in [0, 0.1) is 0 Å². The Morgan fingerprint density at radius 2 is 2.44 bits per heavy atom. The fraction of sp³-hybridized carbons (Fsp3) is 0.800. The molecule has 1 rings (SSSR count). The van der Waals surface area contributed by atoms with Crippen LogP contribution in [0.4, 0.5) is 0 Å². The number of nitrogens with one attached hydrogen (secondary N) is 2. The molecule has 0 radical (unpaired) electrons. The third kappa shape index (κ3) is 1.74. The summed E-state index contributed by atoms with van der Waals surface area (Å²) in [5.74, 6) is 0. The highest BCUT2D eigenvalue weighted by Crippen LogP contribution is 2.13. The predicted molar refractivity (Wildman–Crippen MR) is 35.4 cm³/mol. The summed E-state index contributed by atoms with van der Waals surface area (Å²) in [5.41, 5.74) is 11.0. The molecule has 0 saturated carbocycles. The molecular formula is C5H13N3O. The van der Waals surface area contributed by atoms with Gasteiger partial charge in [-0.15, -0.1) is 0 Å². The second-order valence-electron chi connectivity index (χ2n) is 2.59. The van der Waals surface area contributed by atoms with Crippen LogP contribution in [0.2, 0.25) is 0 Å². The van der Waals surface area contributed by atoms with Gasteiger partial charge in [0.15, 0.2) is 0 Å². The second kappa shape index (κ2) is 2.06. The minimum Gasteiger partial charge on any atom is -0.322 e. The van der Waals surface area contributed by atoms with E-state index in [-0.39, 0.29) is 13.1 Å². The maximum Gasteiger partial charge on any atom is 0.136 e. The molecule has 0 bridgehead atoms. The minimum atomic E-state index is -0.350. The molecule has 4 heteroatoms. The van der Waals surface area contributed by atoms with Crippen molar-refractivity contribution in [1.29, 1.82) is 0 Å². The zero-order chi connectivity index (χ0) is 6.91. The van der Waals surface area contributed by atoms with Crippen LogP contribution in [0.3, 0.4) is 0 Å². The number of nitrogens with two attached hydrogens (primary N) is 1. The van der Waals surface area contributed by atoms with Crippen LogP contribution in [0.15, 0.2) is 0 Å². The Bertz CT molecular complexity index is 126. The van der Waals surface area contributed by atoms with Crippen molar-refractivity contribution in [2.24, 2.45) is 5.73 Å². The van der Waals surface area contributed by atoms with Crippen molar-refractivity contribution < 1.29 is 6.22 Å². The van der Waals surface area contributed by atoms with Gasteiger partial charge in [0.25, 0.3) is 0 Å². The average molecular weight is 131 g/mol. The normalized spacial score (nSPS) is 25.1. The van der Waals surface area contributed by atoms with E-state index in [1.165, 1.54) is 0 Å². The number of carbonyl (C=O) groups excluding carboxylic acids is 1. The number of hydrogen-bond donors (Lipinski definition) is 3. The topological polar surface area (TPSA) is 87.0 Å². The second-order valence-corrected chi connectivity index (χ2v) is 2.59. The molecule has 4 N–H and O–H groups in total. The van der Waals surface area contributed by atoms with E-state index in [0.29, 0.717) is 6.42 Å². The molecule has 54 valence electrons. The first-order chi connectivity index (χ1) is 4.16. The Labute approximate surface area is 55.2 Å². The quantitative estimate of drug-likeness (QED) is 0.338. The molecule has 0 aromatic heterocycles.